The van der Waals surface area contributed by atoms with Crippen molar-refractivity contribution < 1.29 is 31.1 Å². The van der Waals surface area contributed by atoms with Gasteiger partial charge in [-0.15, -0.1) is 13.2 Å². The first kappa shape index (κ1) is 28.6. The number of fused-ring (bicyclic) bond motifs is 1. The molecular weight excluding hydrogens is 526 g/mol. The molecule has 0 saturated heterocycles. The molecule has 0 amide bonds. The Balaban J connectivity index is 1.23. The summed E-state index contributed by atoms with van der Waals surface area (Å²) in [4.78, 5) is 0. The third kappa shape index (κ3) is 6.34. The Hall–Kier alpha value is -2.96. The van der Waals surface area contributed by atoms with Crippen LogP contribution in [0.2, 0.25) is 0 Å². The van der Waals surface area contributed by atoms with Crippen LogP contribution in [0.1, 0.15) is 90.7 Å². The maximum atomic E-state index is 15.7. The second kappa shape index (κ2) is 11.9. The largest absolute Gasteiger partial charge is 0.573 e. The molecule has 3 aromatic carbocycles. The first-order valence-corrected chi connectivity index (χ1v) is 14.2. The summed E-state index contributed by atoms with van der Waals surface area (Å²) in [5.74, 6) is -3.00. The maximum absolute atomic E-state index is 15.7. The summed E-state index contributed by atoms with van der Waals surface area (Å²) < 4.78 is 87.7. The Morgan fingerprint density at radius 2 is 1.35 bits per heavy atom. The summed E-state index contributed by atoms with van der Waals surface area (Å²) >= 11 is 0. The van der Waals surface area contributed by atoms with Gasteiger partial charge in [-0.05, 0) is 122 Å². The highest BCUT2D eigenvalue weighted by molar-refractivity contribution is 5.41. The van der Waals surface area contributed by atoms with E-state index in [0.717, 1.165) is 31.2 Å². The molecule has 3 aromatic rings. The van der Waals surface area contributed by atoms with Crippen LogP contribution in [0.4, 0.5) is 26.3 Å². The van der Waals surface area contributed by atoms with Gasteiger partial charge < -0.3 is 4.74 Å². The predicted molar refractivity (Wildman–Crippen MR) is 143 cm³/mol. The first-order valence-electron chi connectivity index (χ1n) is 14.2. The molecule has 214 valence electrons. The second-order valence-electron chi connectivity index (χ2n) is 11.3. The first-order chi connectivity index (χ1) is 19.1. The highest BCUT2D eigenvalue weighted by Crippen LogP contribution is 2.45. The lowest BCUT2D eigenvalue weighted by Gasteiger charge is -2.32. The monoisotopic (exact) mass is 560 g/mol. The van der Waals surface area contributed by atoms with Gasteiger partial charge in [-0.1, -0.05) is 43.3 Å². The van der Waals surface area contributed by atoms with Gasteiger partial charge in [0.05, 0.1) is 0 Å². The Bertz CT molecular complexity index is 1300. The molecule has 0 bridgehead atoms. The molecule has 0 N–H and O–H groups in total. The van der Waals surface area contributed by atoms with Crippen molar-refractivity contribution in [3.8, 4) is 5.75 Å². The fourth-order valence-corrected chi connectivity index (χ4v) is 6.56. The van der Waals surface area contributed by atoms with Crippen molar-refractivity contribution in [2.45, 2.75) is 89.3 Å². The summed E-state index contributed by atoms with van der Waals surface area (Å²) in [6.07, 6.45) is 1.65. The zero-order valence-electron chi connectivity index (χ0n) is 22.6. The van der Waals surface area contributed by atoms with E-state index in [2.05, 4.69) is 35.9 Å². The Kier molecular flexibility index (Phi) is 8.48. The lowest BCUT2D eigenvalue weighted by atomic mass is 9.74. The van der Waals surface area contributed by atoms with Gasteiger partial charge in [0.1, 0.15) is 11.6 Å². The van der Waals surface area contributed by atoms with E-state index in [1.807, 2.05) is 0 Å². The standard InChI is InChI=1S/C33H34F6O/c1-2-20-3-5-21(6-4-20)7-8-22-9-18-27-28(19-22)31(35)32(36)29(30(27)34)25-12-10-23(11-13-25)24-14-16-26(17-15-24)40-33(37,38)39/h3-6,14-17,22-23,25H,2,7-13,18-19H2,1H3. The molecule has 7 heteroatoms. The van der Waals surface area contributed by atoms with Crippen molar-refractivity contribution in [2.75, 3.05) is 0 Å². The second-order valence-corrected chi connectivity index (χ2v) is 11.3. The number of rotatable bonds is 7. The molecule has 0 aliphatic heterocycles. The topological polar surface area (TPSA) is 9.23 Å². The van der Waals surface area contributed by atoms with E-state index >= 15 is 13.2 Å². The molecule has 1 fully saturated rings. The van der Waals surface area contributed by atoms with Gasteiger partial charge in [0.15, 0.2) is 11.6 Å². The van der Waals surface area contributed by atoms with Gasteiger partial charge in [0.25, 0.3) is 0 Å². The van der Waals surface area contributed by atoms with Gasteiger partial charge in [-0.2, -0.15) is 0 Å². The lowest BCUT2D eigenvalue weighted by molar-refractivity contribution is -0.274. The van der Waals surface area contributed by atoms with Crippen molar-refractivity contribution in [1.82, 2.24) is 0 Å². The van der Waals surface area contributed by atoms with Gasteiger partial charge in [-0.3, -0.25) is 0 Å². The van der Waals surface area contributed by atoms with Crippen LogP contribution in [0.5, 0.6) is 5.75 Å². The number of alkyl halides is 3. The van der Waals surface area contributed by atoms with Crippen molar-refractivity contribution in [3.63, 3.8) is 0 Å². The minimum absolute atomic E-state index is 0.0590. The molecule has 2 aliphatic rings. The summed E-state index contributed by atoms with van der Waals surface area (Å²) in [6, 6.07) is 14.2. The van der Waals surface area contributed by atoms with E-state index in [9.17, 15) is 13.2 Å². The molecule has 1 nitrogen and oxygen atoms in total. The van der Waals surface area contributed by atoms with Crippen molar-refractivity contribution in [3.05, 3.63) is 99.4 Å². The van der Waals surface area contributed by atoms with Crippen molar-refractivity contribution in [2.24, 2.45) is 5.92 Å². The van der Waals surface area contributed by atoms with E-state index in [-0.39, 0.29) is 28.7 Å². The average Bonchev–Trinajstić information content (AvgIpc) is 2.95. The van der Waals surface area contributed by atoms with Crippen molar-refractivity contribution >= 4 is 0 Å². The summed E-state index contributed by atoms with van der Waals surface area (Å²) in [6.45, 7) is 2.11. The summed E-state index contributed by atoms with van der Waals surface area (Å²) in [5, 5.41) is 0. The average molecular weight is 561 g/mol. The summed E-state index contributed by atoms with van der Waals surface area (Å²) in [7, 11) is 0. The van der Waals surface area contributed by atoms with Gasteiger partial charge >= 0.3 is 6.36 Å². The maximum Gasteiger partial charge on any atom is 0.573 e. The number of ether oxygens (including phenoxy) is 1. The van der Waals surface area contributed by atoms with Crippen LogP contribution in [0, 0.1) is 23.4 Å². The van der Waals surface area contributed by atoms with E-state index in [0.29, 0.717) is 44.1 Å². The van der Waals surface area contributed by atoms with E-state index in [1.165, 1.54) is 23.3 Å². The van der Waals surface area contributed by atoms with Gasteiger partial charge in [-0.25, -0.2) is 13.2 Å². The minimum atomic E-state index is -4.75. The predicted octanol–water partition coefficient (Wildman–Crippen LogP) is 9.74. The molecule has 40 heavy (non-hydrogen) atoms. The van der Waals surface area contributed by atoms with Crippen LogP contribution in [0.3, 0.4) is 0 Å². The smallest absolute Gasteiger partial charge is 0.406 e. The van der Waals surface area contributed by atoms with Gasteiger partial charge in [0.2, 0.25) is 0 Å². The molecule has 1 unspecified atom stereocenters. The van der Waals surface area contributed by atoms with Crippen LogP contribution in [-0.4, -0.2) is 6.36 Å². The summed E-state index contributed by atoms with van der Waals surface area (Å²) in [5.41, 5.74) is 3.76. The van der Waals surface area contributed by atoms with Gasteiger partial charge in [0, 0.05) is 5.56 Å². The number of benzene rings is 3. The zero-order chi connectivity index (χ0) is 28.4. The highest BCUT2D eigenvalue weighted by atomic mass is 19.4. The SMILES string of the molecule is CCc1ccc(CCC2CCc3c(F)c(C4CCC(c5ccc(OC(F)(F)F)cc5)CC4)c(F)c(F)c3C2)cc1. The Labute approximate surface area is 231 Å². The Morgan fingerprint density at radius 3 is 1.98 bits per heavy atom. The molecule has 1 atom stereocenters. The molecular formula is C33H34F6O. The van der Waals surface area contributed by atoms with Crippen LogP contribution < -0.4 is 4.74 Å². The Morgan fingerprint density at radius 1 is 0.725 bits per heavy atom. The molecule has 0 aromatic heterocycles. The molecule has 1 saturated carbocycles. The quantitative estimate of drug-likeness (QED) is 0.206. The number of hydrogen-bond donors (Lipinski definition) is 0. The third-order valence-electron chi connectivity index (χ3n) is 8.85. The molecule has 0 spiro atoms. The van der Waals surface area contributed by atoms with Crippen LogP contribution in [0.15, 0.2) is 48.5 Å². The van der Waals surface area contributed by atoms with Crippen LogP contribution in [-0.2, 0) is 25.7 Å². The normalized spacial score (nSPS) is 21.2. The van der Waals surface area contributed by atoms with Crippen LogP contribution in [0.25, 0.3) is 0 Å². The zero-order valence-corrected chi connectivity index (χ0v) is 22.6. The van der Waals surface area contributed by atoms with E-state index in [1.54, 1.807) is 12.1 Å². The van der Waals surface area contributed by atoms with Crippen LogP contribution >= 0.6 is 0 Å². The fraction of sp³-hybridized carbons (Fsp3) is 0.455. The van der Waals surface area contributed by atoms with E-state index < -0.39 is 29.7 Å². The lowest BCUT2D eigenvalue weighted by Crippen LogP contribution is -2.22. The number of hydrogen-bond acceptors (Lipinski definition) is 1. The molecule has 0 radical (unpaired) electrons. The highest BCUT2D eigenvalue weighted by Gasteiger charge is 2.35. The number of halogens is 6. The number of aryl methyl sites for hydroxylation is 2. The molecule has 0 heterocycles. The third-order valence-corrected chi connectivity index (χ3v) is 8.85. The minimum Gasteiger partial charge on any atom is -0.406 e. The molecule has 5 rings (SSSR count). The van der Waals surface area contributed by atoms with E-state index in [4.69, 9.17) is 0 Å². The molecule has 2 aliphatic carbocycles. The fourth-order valence-electron chi connectivity index (χ4n) is 6.56. The van der Waals surface area contributed by atoms with Crippen molar-refractivity contribution in [1.29, 1.82) is 0 Å².